The summed E-state index contributed by atoms with van der Waals surface area (Å²) in [5.41, 5.74) is 0.964. The fourth-order valence-corrected chi connectivity index (χ4v) is 3.62. The summed E-state index contributed by atoms with van der Waals surface area (Å²) in [4.78, 5) is 3.87. The van der Waals surface area contributed by atoms with E-state index >= 15 is 0 Å². The maximum Gasteiger partial charge on any atom is 0.422 e. The van der Waals surface area contributed by atoms with E-state index in [-0.39, 0.29) is 16.3 Å². The van der Waals surface area contributed by atoms with Crippen LogP contribution in [0.1, 0.15) is 0 Å². The number of nitrogens with one attached hydrogen (secondary N) is 3. The molecule has 3 aromatic rings. The van der Waals surface area contributed by atoms with Gasteiger partial charge in [0.1, 0.15) is 10.4 Å². The number of aromatic amines is 1. The molecule has 0 spiro atoms. The SMILES string of the molecule is CNS(=O)(=O)c1ccc(OCC(F)(F)F)c(Nc2cncc3[nH]nc(Br)c23)c1. The van der Waals surface area contributed by atoms with Gasteiger partial charge in [-0.1, -0.05) is 0 Å². The number of aromatic nitrogens is 3. The Balaban J connectivity index is 2.07. The number of benzene rings is 1. The largest absolute Gasteiger partial charge is 0.482 e. The minimum atomic E-state index is -4.55. The van der Waals surface area contributed by atoms with Crippen LogP contribution in [0.3, 0.4) is 0 Å². The molecule has 2 aromatic heterocycles. The molecule has 0 aliphatic rings. The van der Waals surface area contributed by atoms with E-state index in [9.17, 15) is 21.6 Å². The molecule has 0 atom stereocenters. The number of H-pyrrole nitrogens is 1. The number of fused-ring (bicyclic) bond motifs is 1. The average Bonchev–Trinajstić information content (AvgIpc) is 3.02. The summed E-state index contributed by atoms with van der Waals surface area (Å²) in [5, 5.41) is 10.2. The third kappa shape index (κ3) is 4.36. The smallest absolute Gasteiger partial charge is 0.422 e. The molecule has 0 unspecified atom stereocenters. The molecule has 0 radical (unpaired) electrons. The number of nitrogens with zero attached hydrogens (tertiary/aromatic N) is 2. The second-order valence-corrected chi connectivity index (χ2v) is 8.16. The summed E-state index contributed by atoms with van der Waals surface area (Å²) in [6.45, 7) is -1.53. The third-order valence-electron chi connectivity index (χ3n) is 3.62. The van der Waals surface area contributed by atoms with Crippen molar-refractivity contribution in [3.05, 3.63) is 35.2 Å². The van der Waals surface area contributed by atoms with Gasteiger partial charge in [0.2, 0.25) is 10.0 Å². The fourth-order valence-electron chi connectivity index (χ4n) is 2.35. The zero-order valence-electron chi connectivity index (χ0n) is 14.1. The Bertz CT molecular complexity index is 1120. The van der Waals surface area contributed by atoms with Crippen molar-refractivity contribution in [2.45, 2.75) is 11.1 Å². The monoisotopic (exact) mass is 479 g/mol. The highest BCUT2D eigenvalue weighted by Crippen LogP contribution is 2.35. The highest BCUT2D eigenvalue weighted by Gasteiger charge is 2.29. The standard InChI is InChI=1S/C15H13BrF3N5O3S/c1-20-28(25,26)8-2-3-12(27-7-15(17,18)19)9(4-8)22-10-5-21-6-11-13(10)14(16)24-23-11/h2-6,20,22H,7H2,1H3,(H,23,24). The van der Waals surface area contributed by atoms with E-state index in [0.717, 1.165) is 12.1 Å². The zero-order chi connectivity index (χ0) is 20.5. The number of halogens is 4. The van der Waals surface area contributed by atoms with Crippen LogP contribution in [0, 0.1) is 0 Å². The van der Waals surface area contributed by atoms with Crippen molar-refractivity contribution in [3.63, 3.8) is 0 Å². The van der Waals surface area contributed by atoms with Crippen LogP contribution in [0.2, 0.25) is 0 Å². The summed E-state index contributed by atoms with van der Waals surface area (Å²) < 4.78 is 69.3. The van der Waals surface area contributed by atoms with Crippen LogP contribution in [-0.2, 0) is 10.0 Å². The second kappa shape index (κ2) is 7.56. The molecule has 3 rings (SSSR count). The predicted octanol–water partition coefficient (Wildman–Crippen LogP) is 3.31. The highest BCUT2D eigenvalue weighted by atomic mass is 79.9. The Labute approximate surface area is 165 Å². The van der Waals surface area contributed by atoms with Crippen LogP contribution in [0.4, 0.5) is 24.5 Å². The van der Waals surface area contributed by atoms with Crippen molar-refractivity contribution in [2.75, 3.05) is 19.0 Å². The molecule has 1 aromatic carbocycles. The molecule has 2 heterocycles. The van der Waals surface area contributed by atoms with Crippen molar-refractivity contribution in [1.29, 1.82) is 0 Å². The summed E-state index contributed by atoms with van der Waals surface area (Å²) in [7, 11) is -2.60. The molecule has 0 bridgehead atoms. The molecule has 0 saturated heterocycles. The molecule has 0 amide bonds. The van der Waals surface area contributed by atoms with Gasteiger partial charge in [-0.05, 0) is 41.2 Å². The molecule has 3 N–H and O–H groups in total. The van der Waals surface area contributed by atoms with Crippen molar-refractivity contribution in [2.24, 2.45) is 0 Å². The van der Waals surface area contributed by atoms with Crippen LogP contribution in [0.15, 0.2) is 40.1 Å². The first-order valence-electron chi connectivity index (χ1n) is 7.62. The summed E-state index contributed by atoms with van der Waals surface area (Å²) >= 11 is 3.27. The minimum Gasteiger partial charge on any atom is -0.482 e. The molecule has 150 valence electrons. The summed E-state index contributed by atoms with van der Waals surface area (Å²) in [6, 6.07) is 3.47. The molecule has 0 fully saturated rings. The van der Waals surface area contributed by atoms with Crippen LogP contribution >= 0.6 is 15.9 Å². The number of anilines is 2. The Morgan fingerprint density at radius 1 is 1.25 bits per heavy atom. The van der Waals surface area contributed by atoms with Gasteiger partial charge in [0.25, 0.3) is 0 Å². The molecular weight excluding hydrogens is 467 g/mol. The minimum absolute atomic E-state index is 0.0166. The fraction of sp³-hybridized carbons (Fsp3) is 0.200. The van der Waals surface area contributed by atoms with Crippen molar-refractivity contribution < 1.29 is 26.3 Å². The molecule has 0 saturated carbocycles. The molecule has 28 heavy (non-hydrogen) atoms. The van der Waals surface area contributed by atoms with E-state index < -0.39 is 22.8 Å². The molecule has 8 nitrogen and oxygen atoms in total. The van der Waals surface area contributed by atoms with Crippen molar-refractivity contribution in [3.8, 4) is 5.75 Å². The Hall–Kier alpha value is -2.38. The van der Waals surface area contributed by atoms with Gasteiger partial charge < -0.3 is 10.1 Å². The van der Waals surface area contributed by atoms with Crippen molar-refractivity contribution >= 4 is 48.2 Å². The van der Waals surface area contributed by atoms with Gasteiger partial charge in [-0.3, -0.25) is 10.1 Å². The van der Waals surface area contributed by atoms with Gasteiger partial charge in [-0.15, -0.1) is 0 Å². The lowest BCUT2D eigenvalue weighted by atomic mass is 10.2. The van der Waals surface area contributed by atoms with E-state index in [1.54, 1.807) is 0 Å². The predicted molar refractivity (Wildman–Crippen MR) is 99.1 cm³/mol. The molecule has 0 aliphatic carbocycles. The average molecular weight is 480 g/mol. The van der Waals surface area contributed by atoms with Crippen molar-refractivity contribution in [1.82, 2.24) is 19.9 Å². The lowest BCUT2D eigenvalue weighted by molar-refractivity contribution is -0.153. The number of rotatable bonds is 6. The molecule has 13 heteroatoms. The van der Waals surface area contributed by atoms with Crippen LogP contribution in [0.5, 0.6) is 5.75 Å². The third-order valence-corrected chi connectivity index (χ3v) is 5.60. The van der Waals surface area contributed by atoms with E-state index in [4.69, 9.17) is 4.74 Å². The maximum absolute atomic E-state index is 12.6. The Morgan fingerprint density at radius 3 is 2.68 bits per heavy atom. The van der Waals surface area contributed by atoms with Gasteiger partial charge in [-0.2, -0.15) is 18.3 Å². The highest BCUT2D eigenvalue weighted by molar-refractivity contribution is 9.10. The van der Waals surface area contributed by atoms with Gasteiger partial charge >= 0.3 is 6.18 Å². The maximum atomic E-state index is 12.6. The number of ether oxygens (including phenoxy) is 1. The van der Waals surface area contributed by atoms with Gasteiger partial charge in [0.05, 0.1) is 39.6 Å². The number of hydrogen-bond donors (Lipinski definition) is 3. The van der Waals surface area contributed by atoms with E-state index in [1.807, 2.05) is 0 Å². The number of sulfonamides is 1. The number of hydrogen-bond acceptors (Lipinski definition) is 6. The van der Waals surface area contributed by atoms with Gasteiger partial charge in [0, 0.05) is 0 Å². The first kappa shape index (κ1) is 20.4. The van der Waals surface area contributed by atoms with Gasteiger partial charge in [-0.25, -0.2) is 13.1 Å². The normalized spacial score (nSPS) is 12.3. The zero-order valence-corrected chi connectivity index (χ0v) is 16.5. The van der Waals surface area contributed by atoms with Crippen LogP contribution in [-0.4, -0.2) is 43.4 Å². The van der Waals surface area contributed by atoms with E-state index in [1.165, 1.54) is 25.5 Å². The first-order valence-corrected chi connectivity index (χ1v) is 9.90. The van der Waals surface area contributed by atoms with Crippen LogP contribution in [0.25, 0.3) is 10.9 Å². The lowest BCUT2D eigenvalue weighted by Gasteiger charge is -2.16. The van der Waals surface area contributed by atoms with E-state index in [2.05, 4.69) is 41.2 Å². The van der Waals surface area contributed by atoms with Gasteiger partial charge in [0.15, 0.2) is 6.61 Å². The molecule has 0 aliphatic heterocycles. The second-order valence-electron chi connectivity index (χ2n) is 5.52. The topological polar surface area (TPSA) is 109 Å². The Kier molecular flexibility index (Phi) is 5.50. The van der Waals surface area contributed by atoms with Crippen LogP contribution < -0.4 is 14.8 Å². The quantitative estimate of drug-likeness (QED) is 0.500. The first-order chi connectivity index (χ1) is 13.1. The Morgan fingerprint density at radius 2 is 2.00 bits per heavy atom. The van der Waals surface area contributed by atoms with E-state index in [0.29, 0.717) is 21.2 Å². The number of pyridine rings is 1. The summed E-state index contributed by atoms with van der Waals surface area (Å²) in [6.07, 6.45) is -1.61. The summed E-state index contributed by atoms with van der Waals surface area (Å²) in [5.74, 6) is -0.177. The number of alkyl halides is 3. The lowest BCUT2D eigenvalue weighted by Crippen LogP contribution is -2.20. The molecular formula is C15H13BrF3N5O3S.